The van der Waals surface area contributed by atoms with Crippen LogP contribution < -0.4 is 0 Å². The van der Waals surface area contributed by atoms with Crippen LogP contribution in [-0.2, 0) is 80.4 Å². The molecule has 131 heavy (non-hydrogen) atoms. The molecule has 20 heteroatoms. The number of aryl methyl sites for hydroxylation is 3. The Balaban J connectivity index is 0.000000133. The minimum atomic E-state index is -2.50. The van der Waals surface area contributed by atoms with Gasteiger partial charge in [-0.3, -0.25) is 0 Å². The molecule has 4 radical (unpaired) electrons. The predicted molar refractivity (Wildman–Crippen MR) is 503 cm³/mol. The molecule has 24 rings (SSSR count). The molecule has 0 aliphatic rings. The molecule has 0 aliphatic carbocycles. The molecule has 0 amide bonds. The van der Waals surface area contributed by atoms with E-state index in [2.05, 4.69) is 109 Å². The van der Waals surface area contributed by atoms with E-state index in [1.54, 1.807) is 73.8 Å². The van der Waals surface area contributed by atoms with Gasteiger partial charge in [0.05, 0.1) is 11.2 Å². The fourth-order valence-electron chi connectivity index (χ4n) is 13.4. The molecule has 0 unspecified atom stereocenters. The number of hydrogen-bond acceptors (Lipinski definition) is 16. The molecule has 0 saturated carbocycles. The molecule has 0 aliphatic heterocycles. The maximum Gasteiger partial charge on any atom is 0.216 e. The predicted octanol–water partition coefficient (Wildman–Crippen LogP) is 26.5. The number of aromatic nitrogens is 12. The number of para-hydroxylation sites is 3. The molecule has 0 atom stereocenters. The summed E-state index contributed by atoms with van der Waals surface area (Å²) in [5, 5.41) is 7.19. The van der Waals surface area contributed by atoms with Crippen molar-refractivity contribution in [1.29, 1.82) is 0 Å². The van der Waals surface area contributed by atoms with Crippen LogP contribution >= 0.6 is 0 Å². The van der Waals surface area contributed by atoms with Crippen molar-refractivity contribution in [2.75, 3.05) is 0 Å². The summed E-state index contributed by atoms with van der Waals surface area (Å²) in [6.07, 6.45) is 21.3. The van der Waals surface area contributed by atoms with Crippen molar-refractivity contribution in [1.82, 2.24) is 59.8 Å². The van der Waals surface area contributed by atoms with E-state index in [0.29, 0.717) is 34.1 Å². The second-order valence-corrected chi connectivity index (χ2v) is 28.1. The van der Waals surface area contributed by atoms with Crippen LogP contribution in [0, 0.1) is 69.4 Å². The molecule has 646 valence electrons. The van der Waals surface area contributed by atoms with Crippen LogP contribution in [0.2, 0.25) is 0 Å². The third kappa shape index (κ3) is 24.0. The Kier molecular flexibility index (Phi) is 30.7. The SMILES string of the molecule is Cc1ccnc(-c2[c-]nc3oc4ccccc4c3c2)c1.[2H]C([2H])([2H])c1cnc(-c2[c-]cccc2)cc1C([2H])([2H])[2H].[Ir].[Ir].[Ir].[Ir].[c-]1cc2c(nc1-c1ccccn1)oc1ccccc12.[c-]1cc2oc3ncccc3c2cc1-c1ccccn1.[c-]1ccccc1-c1ccccn1.[c-]1ccccc1-c1ccccn1.[c-]1ccccc1-c1ccccn1.[c-]1nc2c(cc1-c1ccccn1)oc1ccccc12. The van der Waals surface area contributed by atoms with Gasteiger partial charge < -0.3 is 67.5 Å². The number of furan rings is 4. The second kappa shape index (κ2) is 46.9. The monoisotopic (exact) mass is 2420 g/mol. The van der Waals surface area contributed by atoms with Crippen LogP contribution in [0.4, 0.5) is 0 Å². The summed E-state index contributed by atoms with van der Waals surface area (Å²) in [7, 11) is 0. The fraction of sp³-hybridized carbons (Fsp3) is 0.0270. The molecule has 0 fully saturated rings. The van der Waals surface area contributed by atoms with Crippen LogP contribution in [0.3, 0.4) is 0 Å². The first-order chi connectivity index (χ1) is 65.1. The molecule has 0 saturated heterocycles. The summed E-state index contributed by atoms with van der Waals surface area (Å²) >= 11 is 0. The fourth-order valence-corrected chi connectivity index (χ4v) is 13.4. The van der Waals surface area contributed by atoms with Gasteiger partial charge in [-0.25, -0.2) is 9.97 Å². The number of nitrogens with zero attached hydrogens (tertiary/aromatic N) is 12. The third-order valence-electron chi connectivity index (χ3n) is 19.5. The Labute approximate surface area is 819 Å². The smallest absolute Gasteiger partial charge is 0.216 e. The first-order valence-corrected chi connectivity index (χ1v) is 40.2. The van der Waals surface area contributed by atoms with Gasteiger partial charge in [0.25, 0.3) is 0 Å². The second-order valence-electron chi connectivity index (χ2n) is 28.1. The number of rotatable bonds is 8. The van der Waals surface area contributed by atoms with Gasteiger partial charge in [-0.1, -0.05) is 167 Å². The van der Waals surface area contributed by atoms with Gasteiger partial charge in [-0.05, 0) is 173 Å². The van der Waals surface area contributed by atoms with Crippen LogP contribution in [0.25, 0.3) is 178 Å². The minimum absolute atomic E-state index is 0. The van der Waals surface area contributed by atoms with Crippen molar-refractivity contribution in [3.05, 3.63) is 461 Å². The van der Waals surface area contributed by atoms with E-state index in [1.807, 2.05) is 316 Å². The molecule has 24 aromatic rings. The van der Waals surface area contributed by atoms with E-state index in [9.17, 15) is 0 Å². The van der Waals surface area contributed by atoms with Gasteiger partial charge in [-0.2, -0.15) is 12.1 Å². The first kappa shape index (κ1) is 85.8. The van der Waals surface area contributed by atoms with Crippen molar-refractivity contribution in [3.8, 4) is 90.2 Å². The first-order valence-electron chi connectivity index (χ1n) is 43.2. The Bertz CT molecular complexity index is 7490. The molecule has 16 aromatic heterocycles. The largest absolute Gasteiger partial charge is 0.486 e. The van der Waals surface area contributed by atoms with E-state index in [1.165, 1.54) is 11.6 Å². The molecular weight excluding hydrogens is 2330 g/mol. The average molecular weight is 2410 g/mol. The van der Waals surface area contributed by atoms with E-state index < -0.39 is 13.7 Å². The molecule has 16 heterocycles. The van der Waals surface area contributed by atoms with Crippen LogP contribution in [0.5, 0.6) is 0 Å². The van der Waals surface area contributed by atoms with Gasteiger partial charge in [0.1, 0.15) is 22.5 Å². The van der Waals surface area contributed by atoms with Crippen molar-refractivity contribution in [2.45, 2.75) is 20.6 Å². The van der Waals surface area contributed by atoms with E-state index in [4.69, 9.17) is 25.9 Å². The van der Waals surface area contributed by atoms with E-state index in [0.717, 1.165) is 151 Å². The minimum Gasteiger partial charge on any atom is -0.486 e. The third-order valence-corrected chi connectivity index (χ3v) is 19.5. The molecule has 8 aromatic carbocycles. The van der Waals surface area contributed by atoms with Gasteiger partial charge >= 0.3 is 0 Å². The summed E-state index contributed by atoms with van der Waals surface area (Å²) in [5.41, 5.74) is 21.4. The quantitative estimate of drug-likeness (QED) is 0.130. The zero-order valence-corrected chi connectivity index (χ0v) is 78.9. The van der Waals surface area contributed by atoms with E-state index >= 15 is 0 Å². The van der Waals surface area contributed by atoms with E-state index in [-0.39, 0.29) is 91.5 Å². The summed E-state index contributed by atoms with van der Waals surface area (Å²) in [6.45, 7) is -2.96. The van der Waals surface area contributed by atoms with Crippen molar-refractivity contribution < 1.29 is 106 Å². The Morgan fingerprint density at radius 3 is 1.19 bits per heavy atom. The summed E-state index contributed by atoms with van der Waals surface area (Å²) in [6, 6.07) is 127. The van der Waals surface area contributed by atoms with Gasteiger partial charge in [0.2, 0.25) is 5.71 Å². The maximum atomic E-state index is 7.50. The molecule has 0 N–H and O–H groups in total. The molecule has 0 bridgehead atoms. The number of hydrogen-bond donors (Lipinski definition) is 0. The number of fused-ring (bicyclic) bond motifs is 12. The van der Waals surface area contributed by atoms with Crippen LogP contribution in [-0.4, -0.2) is 59.8 Å². The Hall–Kier alpha value is -14.6. The molecular formula is C111H74Ir4N12O4-8. The maximum absolute atomic E-state index is 7.50. The zero-order valence-electron chi connectivity index (χ0n) is 75.4. The topological polar surface area (TPSA) is 207 Å². The van der Waals surface area contributed by atoms with Gasteiger partial charge in [-0.15, -0.1) is 185 Å². The van der Waals surface area contributed by atoms with Crippen LogP contribution in [0.15, 0.2) is 413 Å². The molecule has 0 spiro atoms. The number of pyridine rings is 12. The van der Waals surface area contributed by atoms with Crippen molar-refractivity contribution in [2.24, 2.45) is 0 Å². The summed E-state index contributed by atoms with van der Waals surface area (Å²) in [4.78, 5) is 51.4. The molecule has 16 nitrogen and oxygen atoms in total. The van der Waals surface area contributed by atoms with Crippen molar-refractivity contribution in [3.63, 3.8) is 0 Å². The normalized spacial score (nSPS) is 11.2. The standard InChI is InChI=1S/C17H11N2O.3C16H9N2O.C13H12N.3C11H8N.4Ir/c1-11-6-7-18-15(8-11)12-9-14-13-4-2-3-5-16(13)20-17(14)19-10-12;1-2-8-17-14(5-1)11-6-7-15-13(10-11)12-4-3-9-18-16(12)19-15;1-2-7-15-11(5-1)12-8-9-14(18-16(12)19-15)13-6-3-4-10-17-13;1-2-7-14-12(5-1)16-15(19-14)9-11(10-18-16)13-6-3-4-8-17-13;1-10-8-13(14-9-11(10)2)12-6-4-3-5-7-12;3*1-2-6-10(7-3-1)11-8-4-5-9-12-11;;;;/h2-9H,1H3;1-5,7-10H;1-8,10H;1-9H;3-6,8-9H,1-2H3;3*1-6,8-9H;;;;/q8*-1;;;;/i;;;;1D3,2D3;;;;;;;. The van der Waals surface area contributed by atoms with Gasteiger partial charge in [0, 0.05) is 166 Å². The zero-order chi connectivity index (χ0) is 91.1. The summed E-state index contributed by atoms with van der Waals surface area (Å²) < 4.78 is 67.7. The van der Waals surface area contributed by atoms with Crippen molar-refractivity contribution >= 4 is 88.3 Å². The van der Waals surface area contributed by atoms with Gasteiger partial charge in [0.15, 0.2) is 5.71 Å². The Morgan fingerprint density at radius 2 is 0.672 bits per heavy atom. The average Bonchev–Trinajstić information content (AvgIpc) is 1.59. The number of benzene rings is 8. The summed E-state index contributed by atoms with van der Waals surface area (Å²) in [5.74, 6) is 0. The Morgan fingerprint density at radius 1 is 0.252 bits per heavy atom. The van der Waals surface area contributed by atoms with Crippen LogP contribution in [0.1, 0.15) is 24.9 Å².